The monoisotopic (exact) mass is 287 g/mol. The summed E-state index contributed by atoms with van der Waals surface area (Å²) in [6, 6.07) is -0.385. The zero-order valence-electron chi connectivity index (χ0n) is 11.0. The normalized spacial score (nSPS) is 28.3. The SMILES string of the molecule is CC[S+]([O-])C1=C(C(=O)O)N2C(=O)C(C(C)(C)O)C2C1. The standard InChI is InChI=1S/C12H17NO5S/c1-4-19(18)7-5-6-8(12(2,3)17)10(14)13(6)9(7)11(15)16/h6,8,17H,4-5H2,1-3H3,(H,15,16). The number of aliphatic hydroxyl groups is 1. The van der Waals surface area contributed by atoms with Gasteiger partial charge >= 0.3 is 5.97 Å². The summed E-state index contributed by atoms with van der Waals surface area (Å²) < 4.78 is 11.9. The first-order chi connectivity index (χ1) is 8.70. The molecule has 2 rings (SSSR count). The number of carboxylic acid groups (broad SMARTS) is 1. The van der Waals surface area contributed by atoms with E-state index < -0.39 is 34.6 Å². The second kappa shape index (κ2) is 4.50. The van der Waals surface area contributed by atoms with Gasteiger partial charge in [0.25, 0.3) is 0 Å². The highest BCUT2D eigenvalue weighted by Gasteiger charge is 2.61. The largest absolute Gasteiger partial charge is 0.612 e. The van der Waals surface area contributed by atoms with Gasteiger partial charge in [-0.1, -0.05) is 0 Å². The average Bonchev–Trinajstić information content (AvgIpc) is 2.60. The average molecular weight is 287 g/mol. The summed E-state index contributed by atoms with van der Waals surface area (Å²) in [7, 11) is 0. The predicted octanol–water partition coefficient (Wildman–Crippen LogP) is 0.0528. The Morgan fingerprint density at radius 2 is 2.16 bits per heavy atom. The summed E-state index contributed by atoms with van der Waals surface area (Å²) in [5.41, 5.74) is -1.36. The lowest BCUT2D eigenvalue weighted by atomic mass is 9.76. The zero-order valence-corrected chi connectivity index (χ0v) is 11.9. The number of hydrogen-bond donors (Lipinski definition) is 2. The number of fused-ring (bicyclic) bond motifs is 1. The highest BCUT2D eigenvalue weighted by molar-refractivity contribution is 7.95. The molecule has 2 aliphatic heterocycles. The molecule has 0 spiro atoms. The van der Waals surface area contributed by atoms with Crippen molar-refractivity contribution in [1.29, 1.82) is 0 Å². The third kappa shape index (κ3) is 2.05. The van der Waals surface area contributed by atoms with Crippen molar-refractivity contribution < 1.29 is 24.4 Å². The molecule has 19 heavy (non-hydrogen) atoms. The van der Waals surface area contributed by atoms with Crippen molar-refractivity contribution in [2.24, 2.45) is 5.92 Å². The van der Waals surface area contributed by atoms with Gasteiger partial charge in [-0.2, -0.15) is 0 Å². The summed E-state index contributed by atoms with van der Waals surface area (Å²) in [6.45, 7) is 4.76. The number of carbonyl (C=O) groups excluding carboxylic acids is 1. The summed E-state index contributed by atoms with van der Waals surface area (Å²) in [5, 5.41) is 19.2. The smallest absolute Gasteiger partial charge is 0.357 e. The van der Waals surface area contributed by atoms with E-state index in [9.17, 15) is 24.4 Å². The van der Waals surface area contributed by atoms with Gasteiger partial charge in [0.1, 0.15) is 5.75 Å². The Labute approximate surface area is 114 Å². The zero-order chi connectivity index (χ0) is 14.5. The second-order valence-corrected chi connectivity index (χ2v) is 7.08. The van der Waals surface area contributed by atoms with E-state index in [4.69, 9.17) is 0 Å². The van der Waals surface area contributed by atoms with Crippen LogP contribution in [0.5, 0.6) is 0 Å². The van der Waals surface area contributed by atoms with E-state index >= 15 is 0 Å². The second-order valence-electron chi connectivity index (χ2n) is 5.32. The first-order valence-corrected chi connectivity index (χ1v) is 7.42. The number of amides is 1. The fourth-order valence-corrected chi connectivity index (χ4v) is 3.93. The highest BCUT2D eigenvalue weighted by Crippen LogP contribution is 2.47. The van der Waals surface area contributed by atoms with E-state index in [-0.39, 0.29) is 18.2 Å². The molecule has 0 aromatic rings. The van der Waals surface area contributed by atoms with Gasteiger partial charge in [0.05, 0.1) is 17.6 Å². The van der Waals surface area contributed by atoms with Crippen LogP contribution in [0.2, 0.25) is 0 Å². The van der Waals surface area contributed by atoms with Gasteiger partial charge in [0.2, 0.25) is 5.91 Å². The van der Waals surface area contributed by atoms with E-state index in [1.807, 2.05) is 0 Å². The molecule has 106 valence electrons. The van der Waals surface area contributed by atoms with Crippen LogP contribution in [0, 0.1) is 5.92 Å². The predicted molar refractivity (Wildman–Crippen MR) is 68.4 cm³/mol. The quantitative estimate of drug-likeness (QED) is 0.562. The summed E-state index contributed by atoms with van der Waals surface area (Å²) in [4.78, 5) is 24.8. The van der Waals surface area contributed by atoms with Gasteiger partial charge < -0.3 is 14.8 Å². The lowest BCUT2D eigenvalue weighted by Crippen LogP contribution is -2.65. The molecular weight excluding hydrogens is 270 g/mol. The van der Waals surface area contributed by atoms with Crippen LogP contribution in [0.1, 0.15) is 27.2 Å². The maximum Gasteiger partial charge on any atom is 0.357 e. The Bertz CT molecular complexity index is 467. The number of hydrogen-bond acceptors (Lipinski definition) is 4. The molecule has 1 amide bonds. The van der Waals surface area contributed by atoms with Crippen molar-refractivity contribution in [2.45, 2.75) is 38.8 Å². The molecule has 2 N–H and O–H groups in total. The molecule has 2 aliphatic rings. The third-order valence-electron chi connectivity index (χ3n) is 3.62. The molecule has 7 heteroatoms. The van der Waals surface area contributed by atoms with Gasteiger partial charge in [-0.25, -0.2) is 4.79 Å². The fourth-order valence-electron chi connectivity index (χ4n) is 2.82. The van der Waals surface area contributed by atoms with Crippen molar-refractivity contribution in [3.05, 3.63) is 10.6 Å². The molecule has 0 saturated carbocycles. The van der Waals surface area contributed by atoms with Crippen molar-refractivity contribution in [1.82, 2.24) is 4.90 Å². The molecule has 0 aromatic heterocycles. The number of β-lactam (4-membered cyclic amide) rings is 1. The molecule has 0 radical (unpaired) electrons. The van der Waals surface area contributed by atoms with Gasteiger partial charge in [-0.15, -0.1) is 0 Å². The molecule has 3 atom stereocenters. The molecule has 1 fully saturated rings. The van der Waals surface area contributed by atoms with Crippen LogP contribution in [0.3, 0.4) is 0 Å². The Balaban J connectivity index is 2.35. The minimum Gasteiger partial charge on any atom is -0.612 e. The van der Waals surface area contributed by atoms with E-state index in [0.29, 0.717) is 10.7 Å². The summed E-state index contributed by atoms with van der Waals surface area (Å²) in [5.74, 6) is -1.96. The number of carboxylic acids is 1. The molecule has 0 bridgehead atoms. The van der Waals surface area contributed by atoms with Gasteiger partial charge in [0.15, 0.2) is 10.6 Å². The van der Waals surface area contributed by atoms with Crippen LogP contribution >= 0.6 is 0 Å². The first kappa shape index (κ1) is 14.4. The van der Waals surface area contributed by atoms with E-state index in [1.54, 1.807) is 6.92 Å². The minimum absolute atomic E-state index is 0.157. The van der Waals surface area contributed by atoms with Crippen LogP contribution in [-0.4, -0.2) is 48.9 Å². The van der Waals surface area contributed by atoms with E-state index in [1.165, 1.54) is 18.7 Å². The lowest BCUT2D eigenvalue weighted by Gasteiger charge is -2.47. The van der Waals surface area contributed by atoms with Crippen molar-refractivity contribution in [3.63, 3.8) is 0 Å². The Hall–Kier alpha value is -1.05. The van der Waals surface area contributed by atoms with E-state index in [0.717, 1.165) is 0 Å². The molecular formula is C12H17NO5S. The summed E-state index contributed by atoms with van der Waals surface area (Å²) >= 11 is -1.39. The molecule has 2 heterocycles. The Kier molecular flexibility index (Phi) is 3.40. The van der Waals surface area contributed by atoms with Gasteiger partial charge in [-0.05, 0) is 31.9 Å². The number of nitrogens with zero attached hydrogens (tertiary/aromatic N) is 1. The van der Waals surface area contributed by atoms with Crippen LogP contribution in [-0.2, 0) is 20.8 Å². The van der Waals surface area contributed by atoms with Crippen LogP contribution in [0.15, 0.2) is 10.6 Å². The topological polar surface area (TPSA) is 101 Å². The number of carbonyl (C=O) groups is 2. The fraction of sp³-hybridized carbons (Fsp3) is 0.667. The van der Waals surface area contributed by atoms with Crippen LogP contribution in [0.4, 0.5) is 0 Å². The van der Waals surface area contributed by atoms with Gasteiger partial charge in [0, 0.05) is 6.42 Å². The van der Waals surface area contributed by atoms with Crippen molar-refractivity contribution in [2.75, 3.05) is 5.75 Å². The molecule has 6 nitrogen and oxygen atoms in total. The maximum absolute atomic E-state index is 12.0. The first-order valence-electron chi connectivity index (χ1n) is 6.10. The highest BCUT2D eigenvalue weighted by atomic mass is 32.2. The summed E-state index contributed by atoms with van der Waals surface area (Å²) in [6.07, 6.45) is 0.266. The van der Waals surface area contributed by atoms with Crippen molar-refractivity contribution >= 4 is 23.1 Å². The molecule has 0 aliphatic carbocycles. The van der Waals surface area contributed by atoms with Crippen LogP contribution in [0.25, 0.3) is 0 Å². The van der Waals surface area contributed by atoms with Gasteiger partial charge in [-0.3, -0.25) is 9.69 Å². The minimum atomic E-state index is -1.39. The molecule has 3 unspecified atom stereocenters. The maximum atomic E-state index is 12.0. The van der Waals surface area contributed by atoms with E-state index in [2.05, 4.69) is 0 Å². The number of rotatable bonds is 4. The molecule has 1 saturated heterocycles. The number of aliphatic carboxylic acids is 1. The van der Waals surface area contributed by atoms with Crippen LogP contribution < -0.4 is 0 Å². The Morgan fingerprint density at radius 3 is 2.58 bits per heavy atom. The lowest BCUT2D eigenvalue weighted by molar-refractivity contribution is -0.169. The molecule has 0 aromatic carbocycles. The third-order valence-corrected chi connectivity index (χ3v) is 5.05. The van der Waals surface area contributed by atoms with Crippen molar-refractivity contribution in [3.8, 4) is 0 Å². The Morgan fingerprint density at radius 1 is 1.58 bits per heavy atom.